The van der Waals surface area contributed by atoms with E-state index in [0.29, 0.717) is 13.2 Å². The second-order valence-corrected chi connectivity index (χ2v) is 9.39. The van der Waals surface area contributed by atoms with Gasteiger partial charge in [-0.3, -0.25) is 4.57 Å². The minimum atomic E-state index is -2.41. The third-order valence-corrected chi connectivity index (χ3v) is 6.09. The van der Waals surface area contributed by atoms with Crippen LogP contribution in [0.5, 0.6) is 0 Å². The van der Waals surface area contributed by atoms with Crippen LogP contribution in [0.15, 0.2) is 0 Å². The van der Waals surface area contributed by atoms with Gasteiger partial charge in [0.25, 0.3) is 0 Å². The Labute approximate surface area is 181 Å². The van der Waals surface area contributed by atoms with Crippen molar-refractivity contribution in [2.75, 3.05) is 33.5 Å². The van der Waals surface area contributed by atoms with Gasteiger partial charge >= 0.3 is 8.25 Å². The molecule has 1 unspecified atom stereocenters. The van der Waals surface area contributed by atoms with Crippen LogP contribution in [0, 0.1) is 5.92 Å². The number of hydrogen-bond donors (Lipinski definition) is 1. The van der Waals surface area contributed by atoms with E-state index < -0.39 is 8.25 Å². The summed E-state index contributed by atoms with van der Waals surface area (Å²) in [6.45, 7) is 3.61. The van der Waals surface area contributed by atoms with Crippen molar-refractivity contribution in [3.05, 3.63) is 0 Å². The normalized spacial score (nSPS) is 13.6. The molecule has 1 N–H and O–H groups in total. The van der Waals surface area contributed by atoms with Crippen LogP contribution < -0.4 is 0 Å². The number of hydrogen-bond acceptors (Lipinski definition) is 5. The molecule has 0 rings (SSSR count). The van der Waals surface area contributed by atoms with Gasteiger partial charge in [0.1, 0.15) is 0 Å². The summed E-state index contributed by atoms with van der Waals surface area (Å²) in [7, 11) is -1.06. The predicted octanol–water partition coefficient (Wildman–Crippen LogP) is 6.93. The molecule has 0 aliphatic rings. The molecular formula is C23H49O5P. The minimum Gasteiger partial charge on any atom is -0.396 e. The summed E-state index contributed by atoms with van der Waals surface area (Å²) in [5.74, 6) is -0.139. The van der Waals surface area contributed by atoms with Crippen molar-refractivity contribution in [2.45, 2.75) is 110 Å². The van der Waals surface area contributed by atoms with Gasteiger partial charge < -0.3 is 18.9 Å². The highest BCUT2D eigenvalue weighted by Crippen LogP contribution is 2.22. The van der Waals surface area contributed by atoms with Crippen LogP contribution in [-0.4, -0.2) is 38.6 Å². The summed E-state index contributed by atoms with van der Waals surface area (Å²) in [6, 6.07) is 0. The molecule has 0 saturated carbocycles. The van der Waals surface area contributed by atoms with E-state index in [1.165, 1.54) is 103 Å². The van der Waals surface area contributed by atoms with Crippen LogP contribution >= 0.6 is 8.25 Å². The molecule has 0 aromatic carbocycles. The van der Waals surface area contributed by atoms with Crippen molar-refractivity contribution in [1.29, 1.82) is 0 Å². The number of rotatable bonds is 24. The molecule has 0 saturated heterocycles. The second-order valence-electron chi connectivity index (χ2n) is 8.19. The van der Waals surface area contributed by atoms with Gasteiger partial charge in [-0.2, -0.15) is 0 Å². The summed E-state index contributed by atoms with van der Waals surface area (Å²) in [6.07, 6.45) is 21.8. The SMILES string of the molecule is CCCCCCCCCCCCCCCCCCOC[C@@H](CO)CO[PH](=O)OC. The molecule has 0 aliphatic heterocycles. The Kier molecular flexibility index (Phi) is 24.4. The van der Waals surface area contributed by atoms with Crippen molar-refractivity contribution in [1.82, 2.24) is 0 Å². The van der Waals surface area contributed by atoms with Crippen molar-refractivity contribution in [3.63, 3.8) is 0 Å². The van der Waals surface area contributed by atoms with Crippen molar-refractivity contribution in [3.8, 4) is 0 Å². The molecule has 176 valence electrons. The Hall–Kier alpha value is 0.0700. The smallest absolute Gasteiger partial charge is 0.318 e. The number of aliphatic hydroxyl groups is 1. The van der Waals surface area contributed by atoms with E-state index in [4.69, 9.17) is 9.26 Å². The molecule has 0 spiro atoms. The summed E-state index contributed by atoms with van der Waals surface area (Å²) in [4.78, 5) is 0. The lowest BCUT2D eigenvalue weighted by molar-refractivity contribution is 0.0475. The van der Waals surface area contributed by atoms with Crippen LogP contribution in [0.3, 0.4) is 0 Å². The molecule has 0 aliphatic carbocycles. The molecule has 5 nitrogen and oxygen atoms in total. The highest BCUT2D eigenvalue weighted by molar-refractivity contribution is 7.33. The Balaban J connectivity index is 3.20. The topological polar surface area (TPSA) is 65.0 Å². The lowest BCUT2D eigenvalue weighted by Crippen LogP contribution is -2.19. The Morgan fingerprint density at radius 2 is 1.17 bits per heavy atom. The van der Waals surface area contributed by atoms with Gasteiger partial charge in [-0.25, -0.2) is 0 Å². The molecule has 0 fully saturated rings. The fourth-order valence-corrected chi connectivity index (χ4v) is 3.89. The predicted molar refractivity (Wildman–Crippen MR) is 123 cm³/mol. The zero-order valence-electron chi connectivity index (χ0n) is 19.3. The van der Waals surface area contributed by atoms with Crippen molar-refractivity contribution in [2.24, 2.45) is 5.92 Å². The van der Waals surface area contributed by atoms with Gasteiger partial charge in [0.2, 0.25) is 0 Å². The molecule has 0 heterocycles. The van der Waals surface area contributed by atoms with Gasteiger partial charge in [0.15, 0.2) is 0 Å². The standard InChI is InChI=1S/C23H49O5P/c1-3-4-5-6-7-8-9-10-11-12-13-14-15-16-17-18-19-27-21-23(20-24)22-28-29(25)26-2/h23-24,29H,3-22H2,1-2H3/t23-/m1/s1. The zero-order valence-corrected chi connectivity index (χ0v) is 20.3. The molecule has 29 heavy (non-hydrogen) atoms. The molecule has 2 atom stereocenters. The highest BCUT2D eigenvalue weighted by atomic mass is 31.1. The van der Waals surface area contributed by atoms with E-state index in [1.807, 2.05) is 0 Å². The van der Waals surface area contributed by atoms with Crippen LogP contribution in [0.2, 0.25) is 0 Å². The van der Waals surface area contributed by atoms with Crippen LogP contribution in [0.25, 0.3) is 0 Å². The molecule has 0 amide bonds. The average Bonchev–Trinajstić information content (AvgIpc) is 2.74. The first-order valence-corrected chi connectivity index (χ1v) is 13.4. The number of ether oxygens (including phenoxy) is 1. The van der Waals surface area contributed by atoms with Crippen LogP contribution in [-0.2, 0) is 18.3 Å². The van der Waals surface area contributed by atoms with E-state index in [-0.39, 0.29) is 19.1 Å². The number of aliphatic hydroxyl groups excluding tert-OH is 1. The first kappa shape index (κ1) is 29.1. The van der Waals surface area contributed by atoms with Crippen LogP contribution in [0.4, 0.5) is 0 Å². The van der Waals surface area contributed by atoms with E-state index in [0.717, 1.165) is 6.42 Å². The number of unbranched alkanes of at least 4 members (excludes halogenated alkanes) is 15. The lowest BCUT2D eigenvalue weighted by Gasteiger charge is -2.14. The Bertz CT molecular complexity index is 341. The quantitative estimate of drug-likeness (QED) is 0.131. The van der Waals surface area contributed by atoms with Gasteiger partial charge in [-0.15, -0.1) is 0 Å². The summed E-state index contributed by atoms with van der Waals surface area (Å²) >= 11 is 0. The van der Waals surface area contributed by atoms with Crippen molar-refractivity contribution < 1.29 is 23.5 Å². The minimum absolute atomic E-state index is 0.0299. The Morgan fingerprint density at radius 3 is 1.59 bits per heavy atom. The highest BCUT2D eigenvalue weighted by Gasteiger charge is 2.10. The maximum absolute atomic E-state index is 11.1. The molecule has 6 heteroatoms. The first-order valence-electron chi connectivity index (χ1n) is 12.1. The Morgan fingerprint density at radius 1 is 0.724 bits per heavy atom. The summed E-state index contributed by atoms with van der Waals surface area (Å²) in [5, 5.41) is 9.26. The fraction of sp³-hybridized carbons (Fsp3) is 1.00. The summed E-state index contributed by atoms with van der Waals surface area (Å²) in [5.41, 5.74) is 0. The second kappa shape index (κ2) is 24.3. The maximum atomic E-state index is 11.1. The fourth-order valence-electron chi connectivity index (χ4n) is 3.40. The molecule has 0 radical (unpaired) electrons. The van der Waals surface area contributed by atoms with Gasteiger partial charge in [-0.1, -0.05) is 103 Å². The van der Waals surface area contributed by atoms with E-state index in [9.17, 15) is 9.67 Å². The largest absolute Gasteiger partial charge is 0.396 e. The molecule has 0 aromatic heterocycles. The average molecular weight is 437 g/mol. The first-order chi connectivity index (χ1) is 14.2. The third kappa shape index (κ3) is 22.6. The zero-order chi connectivity index (χ0) is 21.4. The van der Waals surface area contributed by atoms with E-state index in [2.05, 4.69) is 11.4 Å². The van der Waals surface area contributed by atoms with Crippen LogP contribution in [0.1, 0.15) is 110 Å². The molecule has 0 bridgehead atoms. The lowest BCUT2D eigenvalue weighted by atomic mass is 10.0. The monoisotopic (exact) mass is 436 g/mol. The van der Waals surface area contributed by atoms with Crippen molar-refractivity contribution >= 4 is 8.25 Å². The van der Waals surface area contributed by atoms with Gasteiger partial charge in [0.05, 0.1) is 19.8 Å². The third-order valence-electron chi connectivity index (χ3n) is 5.36. The summed E-state index contributed by atoms with van der Waals surface area (Å²) < 4.78 is 26.3. The molecular weight excluding hydrogens is 387 g/mol. The van der Waals surface area contributed by atoms with Gasteiger partial charge in [0, 0.05) is 19.6 Å². The van der Waals surface area contributed by atoms with E-state index >= 15 is 0 Å². The van der Waals surface area contributed by atoms with E-state index in [1.54, 1.807) is 0 Å². The maximum Gasteiger partial charge on any atom is 0.318 e. The van der Waals surface area contributed by atoms with Gasteiger partial charge in [-0.05, 0) is 6.42 Å². The molecule has 0 aromatic rings.